The highest BCUT2D eigenvalue weighted by Gasteiger charge is 2.16. The average Bonchev–Trinajstić information content (AvgIpc) is 3.05. The molecule has 15 heteroatoms. The molecule has 0 aromatic heterocycles. The Balaban J connectivity index is 0.000000593. The van der Waals surface area contributed by atoms with Crippen molar-refractivity contribution >= 4 is 11.6 Å². The number of nitrogens with zero attached hydrogens (tertiary/aromatic N) is 8. The van der Waals surface area contributed by atoms with Crippen LogP contribution >= 0.6 is 11.6 Å². The second-order valence-electron chi connectivity index (χ2n) is 10.3. The maximum Gasteiger partial charge on any atom is 0.109 e. The number of piperazine rings is 3. The second kappa shape index (κ2) is 31.7. The summed E-state index contributed by atoms with van der Waals surface area (Å²) < 4.78 is 0. The first-order valence-corrected chi connectivity index (χ1v) is 16.1. The molecule has 0 aromatic rings. The van der Waals surface area contributed by atoms with Crippen molar-refractivity contribution in [2.24, 2.45) is 17.2 Å². The zero-order chi connectivity index (χ0) is 31.8. The molecule has 3 rings (SSSR count). The standard InChI is InChI=1S/C10H25N5.C10H17N5.C6H15N3.C2H2ClN/c2*11-1-3-13-4-6-15-9-7-14(5-2-12)8-10-15;7-1-4-9-5-2-8-3-6-9;3-1-2-4/h13H,1-12H2;13H,3-10H2;8H,1-7H2;1H2. The van der Waals surface area contributed by atoms with E-state index >= 15 is 0 Å². The zero-order valence-corrected chi connectivity index (χ0v) is 27.1. The summed E-state index contributed by atoms with van der Waals surface area (Å²) in [5, 5.41) is 34.0. The van der Waals surface area contributed by atoms with Crippen molar-refractivity contribution in [3.05, 3.63) is 0 Å². The Labute approximate surface area is 266 Å². The highest BCUT2D eigenvalue weighted by molar-refractivity contribution is 6.19. The van der Waals surface area contributed by atoms with E-state index in [0.29, 0.717) is 13.1 Å². The lowest BCUT2D eigenvalue weighted by atomic mass is 10.3. The largest absolute Gasteiger partial charge is 0.329 e. The SMILES string of the molecule is N#CCCl.N#CCNCCN1CCN(CC#N)CC1.NCCN1CCNCC1.NCCNCCN1CCN(CCN)CC1. The van der Waals surface area contributed by atoms with E-state index in [4.69, 9.17) is 44.6 Å². The first-order valence-electron chi connectivity index (χ1n) is 15.6. The number of nitrogens with two attached hydrogens (primary N) is 3. The van der Waals surface area contributed by atoms with E-state index in [1.807, 2.05) is 0 Å². The molecule has 43 heavy (non-hydrogen) atoms. The van der Waals surface area contributed by atoms with Gasteiger partial charge in [-0.25, -0.2) is 0 Å². The molecule has 3 saturated heterocycles. The van der Waals surface area contributed by atoms with Gasteiger partial charge in [0.15, 0.2) is 0 Å². The van der Waals surface area contributed by atoms with E-state index in [9.17, 15) is 0 Å². The number of hydrogen-bond acceptors (Lipinski definition) is 14. The van der Waals surface area contributed by atoms with Crippen molar-refractivity contribution in [1.29, 1.82) is 15.8 Å². The normalized spacial score (nSPS) is 18.3. The molecule has 0 atom stereocenters. The van der Waals surface area contributed by atoms with E-state index in [-0.39, 0.29) is 5.88 Å². The van der Waals surface area contributed by atoms with Crippen LogP contribution in [-0.2, 0) is 0 Å². The Bertz CT molecular complexity index is 710. The van der Waals surface area contributed by atoms with Gasteiger partial charge in [0.25, 0.3) is 0 Å². The van der Waals surface area contributed by atoms with Crippen LogP contribution in [0.25, 0.3) is 0 Å². The zero-order valence-electron chi connectivity index (χ0n) is 26.4. The first kappa shape index (κ1) is 41.3. The number of halogens is 1. The monoisotopic (exact) mass is 626 g/mol. The summed E-state index contributed by atoms with van der Waals surface area (Å²) in [6.45, 7) is 23.6. The predicted octanol–water partition coefficient (Wildman–Crippen LogP) is -3.05. The Morgan fingerprint density at radius 1 is 0.558 bits per heavy atom. The van der Waals surface area contributed by atoms with Crippen LogP contribution in [0.2, 0.25) is 0 Å². The maximum atomic E-state index is 8.54. The summed E-state index contributed by atoms with van der Waals surface area (Å²) in [5.41, 5.74) is 16.3. The lowest BCUT2D eigenvalue weighted by Crippen LogP contribution is -2.49. The first-order chi connectivity index (χ1) is 21.1. The van der Waals surface area contributed by atoms with Gasteiger partial charge in [-0.3, -0.25) is 24.5 Å². The van der Waals surface area contributed by atoms with E-state index < -0.39 is 0 Å². The number of nitrogens with one attached hydrogen (secondary N) is 3. The van der Waals surface area contributed by atoms with Gasteiger partial charge in [-0.15, -0.1) is 11.6 Å². The molecule has 0 saturated carbocycles. The van der Waals surface area contributed by atoms with Crippen LogP contribution < -0.4 is 33.2 Å². The number of alkyl halides is 1. The number of rotatable bonds is 14. The van der Waals surface area contributed by atoms with Gasteiger partial charge in [-0.05, 0) is 0 Å². The minimum Gasteiger partial charge on any atom is -0.329 e. The quantitative estimate of drug-likeness (QED) is 0.0645. The van der Waals surface area contributed by atoms with Crippen molar-refractivity contribution in [3.8, 4) is 18.2 Å². The third kappa shape index (κ3) is 25.4. The Morgan fingerprint density at radius 3 is 1.42 bits per heavy atom. The van der Waals surface area contributed by atoms with Gasteiger partial charge < -0.3 is 33.2 Å². The maximum absolute atomic E-state index is 8.54. The van der Waals surface area contributed by atoms with Crippen LogP contribution in [0.5, 0.6) is 0 Å². The van der Waals surface area contributed by atoms with Crippen LogP contribution in [-0.4, -0.2) is 187 Å². The summed E-state index contributed by atoms with van der Waals surface area (Å²) in [4.78, 5) is 11.8. The molecular weight excluding hydrogens is 568 g/mol. The van der Waals surface area contributed by atoms with Gasteiger partial charge in [0.2, 0.25) is 0 Å². The molecular formula is C28H59ClN14. The van der Waals surface area contributed by atoms with Gasteiger partial charge in [0.05, 0.1) is 31.3 Å². The summed E-state index contributed by atoms with van der Waals surface area (Å²) in [5.74, 6) is 0.0972. The van der Waals surface area contributed by atoms with Crippen molar-refractivity contribution in [2.75, 3.05) is 163 Å². The van der Waals surface area contributed by atoms with Gasteiger partial charge >= 0.3 is 0 Å². The molecule has 0 bridgehead atoms. The lowest BCUT2D eigenvalue weighted by molar-refractivity contribution is 0.136. The Morgan fingerprint density at radius 2 is 1.00 bits per heavy atom. The van der Waals surface area contributed by atoms with Crippen molar-refractivity contribution in [3.63, 3.8) is 0 Å². The van der Waals surface area contributed by atoms with E-state index in [0.717, 1.165) is 131 Å². The topological polar surface area (TPSA) is 202 Å². The molecule has 0 aliphatic carbocycles. The minimum atomic E-state index is 0.0972. The van der Waals surface area contributed by atoms with Gasteiger partial charge in [-0.2, -0.15) is 15.8 Å². The van der Waals surface area contributed by atoms with E-state index in [2.05, 4.69) is 52.6 Å². The average molecular weight is 627 g/mol. The van der Waals surface area contributed by atoms with Gasteiger partial charge in [0.1, 0.15) is 5.88 Å². The third-order valence-corrected chi connectivity index (χ3v) is 7.24. The molecule has 0 spiro atoms. The van der Waals surface area contributed by atoms with Crippen LogP contribution in [0.1, 0.15) is 0 Å². The molecule has 248 valence electrons. The van der Waals surface area contributed by atoms with Crippen LogP contribution in [0.15, 0.2) is 0 Å². The fraction of sp³-hybridized carbons (Fsp3) is 0.893. The molecule has 0 unspecified atom stereocenters. The molecule has 3 fully saturated rings. The fourth-order valence-electron chi connectivity index (χ4n) is 4.65. The predicted molar refractivity (Wildman–Crippen MR) is 176 cm³/mol. The molecule has 0 amide bonds. The summed E-state index contributed by atoms with van der Waals surface area (Å²) in [6, 6.07) is 5.92. The van der Waals surface area contributed by atoms with Crippen LogP contribution in [0, 0.1) is 34.0 Å². The van der Waals surface area contributed by atoms with Crippen molar-refractivity contribution < 1.29 is 0 Å². The van der Waals surface area contributed by atoms with Crippen molar-refractivity contribution in [2.45, 2.75) is 0 Å². The summed E-state index contributed by atoms with van der Waals surface area (Å²) in [6.07, 6.45) is 0. The van der Waals surface area contributed by atoms with E-state index in [1.165, 1.54) is 13.1 Å². The van der Waals surface area contributed by atoms with Crippen LogP contribution in [0.4, 0.5) is 0 Å². The molecule has 14 nitrogen and oxygen atoms in total. The fourth-order valence-corrected chi connectivity index (χ4v) is 4.65. The Kier molecular flexibility index (Phi) is 30.5. The molecule has 3 aliphatic heterocycles. The summed E-state index contributed by atoms with van der Waals surface area (Å²) >= 11 is 4.82. The summed E-state index contributed by atoms with van der Waals surface area (Å²) in [7, 11) is 0. The highest BCUT2D eigenvalue weighted by Crippen LogP contribution is 2.00. The van der Waals surface area contributed by atoms with Crippen molar-refractivity contribution in [1.82, 2.24) is 40.4 Å². The number of hydrogen-bond donors (Lipinski definition) is 6. The van der Waals surface area contributed by atoms with Gasteiger partial charge in [0, 0.05) is 144 Å². The smallest absolute Gasteiger partial charge is 0.109 e. The lowest BCUT2D eigenvalue weighted by Gasteiger charge is -2.34. The van der Waals surface area contributed by atoms with Crippen LogP contribution in [0.3, 0.4) is 0 Å². The molecule has 3 aliphatic rings. The molecule has 3 heterocycles. The molecule has 0 aromatic carbocycles. The minimum absolute atomic E-state index is 0.0972. The highest BCUT2D eigenvalue weighted by atomic mass is 35.5. The van der Waals surface area contributed by atoms with Gasteiger partial charge in [-0.1, -0.05) is 0 Å². The van der Waals surface area contributed by atoms with E-state index in [1.54, 1.807) is 6.07 Å². The molecule has 9 N–H and O–H groups in total. The Hall–Kier alpha value is -1.68. The second-order valence-corrected chi connectivity index (χ2v) is 10.6. The molecule has 0 radical (unpaired) electrons. The number of nitriles is 3. The third-order valence-electron chi connectivity index (χ3n) is 7.12.